The van der Waals surface area contributed by atoms with Crippen molar-refractivity contribution >= 4 is 22.7 Å². The van der Waals surface area contributed by atoms with E-state index in [4.69, 9.17) is 14.5 Å². The number of aryl methyl sites for hydroxylation is 1. The summed E-state index contributed by atoms with van der Waals surface area (Å²) in [4.78, 5) is 4.89. The molecule has 6 nitrogen and oxygen atoms in total. The zero-order valence-electron chi connectivity index (χ0n) is 21.5. The molecule has 0 saturated heterocycles. The van der Waals surface area contributed by atoms with Gasteiger partial charge >= 0.3 is 0 Å². The van der Waals surface area contributed by atoms with Gasteiger partial charge in [-0.3, -0.25) is 0 Å². The molecule has 0 aliphatic rings. The van der Waals surface area contributed by atoms with Crippen LogP contribution in [0, 0.1) is 18.6 Å². The summed E-state index contributed by atoms with van der Waals surface area (Å²) in [5.41, 5.74) is 3.87. The van der Waals surface area contributed by atoms with Gasteiger partial charge in [-0.05, 0) is 67.9 Å². The second-order valence-corrected chi connectivity index (χ2v) is 9.66. The summed E-state index contributed by atoms with van der Waals surface area (Å²) in [5, 5.41) is 10.3. The molecule has 0 fully saturated rings. The molecular weight excluding hydrogens is 506 g/mol. The van der Waals surface area contributed by atoms with Gasteiger partial charge in [0.05, 0.1) is 24.9 Å². The van der Waals surface area contributed by atoms with Crippen LogP contribution in [0.3, 0.4) is 0 Å². The Bertz CT molecular complexity index is 1620. The lowest BCUT2D eigenvalue weighted by Crippen LogP contribution is -1.99. The Labute approximate surface area is 223 Å². The summed E-state index contributed by atoms with van der Waals surface area (Å²) >= 11 is 1.29. The highest BCUT2D eigenvalue weighted by Crippen LogP contribution is 2.35. The number of benzene rings is 3. The lowest BCUT2D eigenvalue weighted by Gasteiger charge is -2.12. The molecule has 2 aromatic heterocycles. The highest BCUT2D eigenvalue weighted by molar-refractivity contribution is 7.98. The Hall–Kier alpha value is -3.98. The average Bonchev–Trinajstić information content (AvgIpc) is 3.30. The van der Waals surface area contributed by atoms with Gasteiger partial charge in [0.15, 0.2) is 22.6 Å². The van der Waals surface area contributed by atoms with Crippen molar-refractivity contribution in [2.75, 3.05) is 13.7 Å². The second kappa shape index (κ2) is 10.8. The van der Waals surface area contributed by atoms with E-state index in [0.29, 0.717) is 17.6 Å². The number of pyridine rings is 1. The number of rotatable bonds is 8. The van der Waals surface area contributed by atoms with Crippen LogP contribution < -0.4 is 9.47 Å². The van der Waals surface area contributed by atoms with Crippen LogP contribution in [0.2, 0.25) is 0 Å². The quantitative estimate of drug-likeness (QED) is 0.201. The number of hydrogen-bond acceptors (Lipinski definition) is 6. The van der Waals surface area contributed by atoms with Crippen LogP contribution in [0.5, 0.6) is 11.5 Å². The molecule has 2 heterocycles. The van der Waals surface area contributed by atoms with Crippen LogP contribution in [0.15, 0.2) is 65.8 Å². The normalized spacial score (nSPS) is 11.2. The maximum Gasteiger partial charge on any atom is 0.191 e. The van der Waals surface area contributed by atoms with E-state index in [1.54, 1.807) is 26.2 Å². The van der Waals surface area contributed by atoms with Crippen molar-refractivity contribution < 1.29 is 18.3 Å². The lowest BCUT2D eigenvalue weighted by atomic mass is 10.0. The zero-order chi connectivity index (χ0) is 26.8. The largest absolute Gasteiger partial charge is 0.497 e. The Morgan fingerprint density at radius 2 is 1.68 bits per heavy atom. The van der Waals surface area contributed by atoms with Crippen molar-refractivity contribution in [2.24, 2.45) is 7.05 Å². The van der Waals surface area contributed by atoms with Gasteiger partial charge in [-0.2, -0.15) is 0 Å². The van der Waals surface area contributed by atoms with Gasteiger partial charge in [-0.1, -0.05) is 23.9 Å². The predicted molar refractivity (Wildman–Crippen MR) is 146 cm³/mol. The Kier molecular flexibility index (Phi) is 7.28. The summed E-state index contributed by atoms with van der Waals surface area (Å²) < 4.78 is 41.3. The maximum absolute atomic E-state index is 14.4. The molecule has 194 valence electrons. The van der Waals surface area contributed by atoms with Gasteiger partial charge in [0.1, 0.15) is 11.5 Å². The van der Waals surface area contributed by atoms with E-state index < -0.39 is 11.6 Å². The van der Waals surface area contributed by atoms with Crippen LogP contribution in [-0.2, 0) is 12.8 Å². The van der Waals surface area contributed by atoms with E-state index in [2.05, 4.69) is 10.2 Å². The standard InChI is InChI=1S/C29H26F2N4O2S/c1-5-37-21-12-13-24-22(14-21)23(15-25(32-24)18-8-10-20(36-4)11-9-18)28-33-34-29(35(28)3)38-16-19-7-6-17(2)26(30)27(19)31/h6-15H,5,16H2,1-4H3. The Morgan fingerprint density at radius 1 is 0.921 bits per heavy atom. The van der Waals surface area contributed by atoms with Crippen LogP contribution in [0.25, 0.3) is 33.5 Å². The molecular formula is C29H26F2N4O2S. The van der Waals surface area contributed by atoms with E-state index >= 15 is 0 Å². The van der Waals surface area contributed by atoms with Gasteiger partial charge in [0.2, 0.25) is 0 Å². The molecule has 0 amide bonds. The molecule has 9 heteroatoms. The van der Waals surface area contributed by atoms with Gasteiger partial charge in [-0.15, -0.1) is 10.2 Å². The van der Waals surface area contributed by atoms with E-state index in [0.717, 1.165) is 39.2 Å². The number of fused-ring (bicyclic) bond motifs is 1. The molecule has 0 spiro atoms. The summed E-state index contributed by atoms with van der Waals surface area (Å²) in [6.45, 7) is 4.02. The number of aromatic nitrogens is 4. The first kappa shape index (κ1) is 25.7. The third-order valence-electron chi connectivity index (χ3n) is 6.26. The number of ether oxygens (including phenoxy) is 2. The van der Waals surface area contributed by atoms with Crippen molar-refractivity contribution in [3.05, 3.63) is 83.4 Å². The van der Waals surface area contributed by atoms with Crippen LogP contribution in [0.1, 0.15) is 18.1 Å². The summed E-state index contributed by atoms with van der Waals surface area (Å²) in [6, 6.07) is 18.6. The van der Waals surface area contributed by atoms with Crippen molar-refractivity contribution in [3.63, 3.8) is 0 Å². The minimum absolute atomic E-state index is 0.220. The van der Waals surface area contributed by atoms with Gasteiger partial charge in [0, 0.05) is 34.9 Å². The number of methoxy groups -OCH3 is 1. The molecule has 5 aromatic rings. The molecule has 0 atom stereocenters. The van der Waals surface area contributed by atoms with Crippen molar-refractivity contribution in [2.45, 2.75) is 24.8 Å². The minimum atomic E-state index is -0.826. The first-order chi connectivity index (χ1) is 18.4. The summed E-state index contributed by atoms with van der Waals surface area (Å²) in [7, 11) is 3.49. The highest BCUT2D eigenvalue weighted by atomic mass is 32.2. The zero-order valence-corrected chi connectivity index (χ0v) is 22.3. The van der Waals surface area contributed by atoms with E-state index in [-0.39, 0.29) is 16.9 Å². The van der Waals surface area contributed by atoms with Crippen molar-refractivity contribution in [1.29, 1.82) is 0 Å². The van der Waals surface area contributed by atoms with Crippen molar-refractivity contribution in [1.82, 2.24) is 19.7 Å². The SMILES string of the molecule is CCOc1ccc2nc(-c3ccc(OC)cc3)cc(-c3nnc(SCc4ccc(C)c(F)c4F)n3C)c2c1. The van der Waals surface area contributed by atoms with Gasteiger partial charge in [-0.25, -0.2) is 13.8 Å². The van der Waals surface area contributed by atoms with Crippen LogP contribution in [0.4, 0.5) is 8.78 Å². The molecule has 0 N–H and O–H groups in total. The number of thioether (sulfide) groups is 1. The third-order valence-corrected chi connectivity index (χ3v) is 7.33. The second-order valence-electron chi connectivity index (χ2n) is 8.72. The van der Waals surface area contributed by atoms with Crippen LogP contribution in [-0.4, -0.2) is 33.5 Å². The number of hydrogen-bond donors (Lipinski definition) is 0. The maximum atomic E-state index is 14.4. The fraction of sp³-hybridized carbons (Fsp3) is 0.207. The fourth-order valence-electron chi connectivity index (χ4n) is 4.17. The highest BCUT2D eigenvalue weighted by Gasteiger charge is 2.18. The topological polar surface area (TPSA) is 62.1 Å². The molecule has 0 aliphatic heterocycles. The minimum Gasteiger partial charge on any atom is -0.497 e. The molecule has 3 aromatic carbocycles. The Balaban J connectivity index is 1.56. The number of nitrogens with zero attached hydrogens (tertiary/aromatic N) is 4. The van der Waals surface area contributed by atoms with E-state index in [9.17, 15) is 8.78 Å². The molecule has 5 rings (SSSR count). The molecule has 0 radical (unpaired) electrons. The number of halogens is 2. The molecule has 0 unspecified atom stereocenters. The predicted octanol–water partition coefficient (Wildman–Crippen LogP) is 6.98. The lowest BCUT2D eigenvalue weighted by molar-refractivity contribution is 0.340. The van der Waals surface area contributed by atoms with Gasteiger partial charge in [0.25, 0.3) is 0 Å². The van der Waals surface area contributed by atoms with E-state index in [1.807, 2.05) is 67.1 Å². The smallest absolute Gasteiger partial charge is 0.191 e. The first-order valence-corrected chi connectivity index (χ1v) is 13.1. The van der Waals surface area contributed by atoms with Crippen LogP contribution >= 0.6 is 11.8 Å². The van der Waals surface area contributed by atoms with E-state index in [1.165, 1.54) is 11.8 Å². The third kappa shape index (κ3) is 4.93. The summed E-state index contributed by atoms with van der Waals surface area (Å²) in [6.07, 6.45) is 0. The average molecular weight is 533 g/mol. The fourth-order valence-corrected chi connectivity index (χ4v) is 5.06. The summed E-state index contributed by atoms with van der Waals surface area (Å²) in [5.74, 6) is 0.690. The molecule has 0 bridgehead atoms. The molecule has 38 heavy (non-hydrogen) atoms. The molecule has 0 saturated carbocycles. The first-order valence-electron chi connectivity index (χ1n) is 12.1. The van der Waals surface area contributed by atoms with Gasteiger partial charge < -0.3 is 14.0 Å². The van der Waals surface area contributed by atoms with Crippen molar-refractivity contribution in [3.8, 4) is 34.1 Å². The monoisotopic (exact) mass is 532 g/mol. The Morgan fingerprint density at radius 3 is 2.42 bits per heavy atom. The molecule has 0 aliphatic carbocycles.